The largest absolute Gasteiger partial charge is 0.481 e. The summed E-state index contributed by atoms with van der Waals surface area (Å²) in [6.45, 7) is 0.238. The molecule has 20 heavy (non-hydrogen) atoms. The third-order valence-electron chi connectivity index (χ3n) is 2.41. The topological polar surface area (TPSA) is 95.5 Å². The summed E-state index contributed by atoms with van der Waals surface area (Å²) in [5.74, 6) is -2.11. The van der Waals surface area contributed by atoms with Crippen molar-refractivity contribution in [3.8, 4) is 0 Å². The van der Waals surface area contributed by atoms with Crippen LogP contribution < -0.4 is 10.6 Å². The lowest BCUT2D eigenvalue weighted by Crippen LogP contribution is -2.40. The van der Waals surface area contributed by atoms with Crippen LogP contribution in [0.1, 0.15) is 18.4 Å². The third-order valence-corrected chi connectivity index (χ3v) is 2.41. The molecule has 0 bridgehead atoms. The van der Waals surface area contributed by atoms with E-state index in [4.69, 9.17) is 5.11 Å². The van der Waals surface area contributed by atoms with Gasteiger partial charge < -0.3 is 10.4 Å². The van der Waals surface area contributed by atoms with E-state index in [1.807, 2.05) is 5.32 Å². The molecule has 108 valence electrons. The number of benzene rings is 1. The molecule has 3 N–H and O–H groups in total. The molecule has 1 aromatic carbocycles. The van der Waals surface area contributed by atoms with Crippen molar-refractivity contribution >= 4 is 17.9 Å². The summed E-state index contributed by atoms with van der Waals surface area (Å²) >= 11 is 0. The highest BCUT2D eigenvalue weighted by Crippen LogP contribution is 2.03. The lowest BCUT2D eigenvalue weighted by molar-refractivity contribution is -0.138. The zero-order chi connectivity index (χ0) is 15.0. The predicted molar refractivity (Wildman–Crippen MR) is 68.5 cm³/mol. The van der Waals surface area contributed by atoms with E-state index in [0.29, 0.717) is 6.42 Å². The van der Waals surface area contributed by atoms with Crippen LogP contribution in [-0.2, 0) is 16.0 Å². The zero-order valence-electron chi connectivity index (χ0n) is 10.7. The smallest absolute Gasteiger partial charge is 0.321 e. The number of urea groups is 1. The molecule has 1 rings (SSSR count). The summed E-state index contributed by atoms with van der Waals surface area (Å²) < 4.78 is 12.9. The van der Waals surface area contributed by atoms with Crippen molar-refractivity contribution in [1.82, 2.24) is 10.6 Å². The number of amides is 3. The minimum absolute atomic E-state index is 0.238. The summed E-state index contributed by atoms with van der Waals surface area (Å²) in [4.78, 5) is 32.7. The molecule has 7 heteroatoms. The fraction of sp³-hybridized carbons (Fsp3) is 0.308. The maximum absolute atomic E-state index is 12.9. The number of carboxylic acids is 1. The molecule has 0 saturated heterocycles. The molecule has 0 unspecified atom stereocenters. The lowest BCUT2D eigenvalue weighted by atomic mass is 10.1. The van der Waals surface area contributed by atoms with E-state index in [0.717, 1.165) is 5.56 Å². The number of rotatable bonds is 6. The maximum Gasteiger partial charge on any atom is 0.321 e. The maximum atomic E-state index is 12.9. The summed E-state index contributed by atoms with van der Waals surface area (Å²) in [6, 6.07) is 5.28. The second-order valence-corrected chi connectivity index (χ2v) is 4.08. The van der Waals surface area contributed by atoms with Gasteiger partial charge in [-0.15, -0.1) is 0 Å². The van der Waals surface area contributed by atoms with Gasteiger partial charge in [-0.25, -0.2) is 9.18 Å². The van der Waals surface area contributed by atoms with Gasteiger partial charge in [0.15, 0.2) is 0 Å². The van der Waals surface area contributed by atoms with E-state index >= 15 is 0 Å². The Labute approximate surface area is 115 Å². The standard InChI is InChI=1S/C13H15FN2O4/c14-10-3-1-2-9(8-10)6-7-15-13(20)16-11(17)4-5-12(18)19/h1-3,8H,4-7H2,(H,18,19)(H2,15,16,17,20). The van der Waals surface area contributed by atoms with Crippen LogP contribution in [0.5, 0.6) is 0 Å². The summed E-state index contributed by atoms with van der Waals surface area (Å²) in [5.41, 5.74) is 0.725. The van der Waals surface area contributed by atoms with Crippen LogP contribution >= 0.6 is 0 Å². The number of carbonyl (C=O) groups excluding carboxylic acids is 2. The first-order valence-electron chi connectivity index (χ1n) is 6.01. The van der Waals surface area contributed by atoms with Crippen molar-refractivity contribution in [2.45, 2.75) is 19.3 Å². The Morgan fingerprint density at radius 1 is 1.20 bits per heavy atom. The normalized spacial score (nSPS) is 9.85. The molecule has 3 amide bonds. The van der Waals surface area contributed by atoms with Crippen LogP contribution in [0.3, 0.4) is 0 Å². The van der Waals surface area contributed by atoms with Gasteiger partial charge in [0, 0.05) is 13.0 Å². The van der Waals surface area contributed by atoms with E-state index in [-0.39, 0.29) is 25.2 Å². The van der Waals surface area contributed by atoms with Gasteiger partial charge in [-0.05, 0) is 24.1 Å². The molecule has 0 aromatic heterocycles. The predicted octanol–water partition coefficient (Wildman–Crippen LogP) is 1.06. The number of carbonyl (C=O) groups is 3. The number of carboxylic acid groups (broad SMARTS) is 1. The number of halogens is 1. The minimum atomic E-state index is -1.10. The molecule has 0 atom stereocenters. The fourth-order valence-electron chi connectivity index (χ4n) is 1.47. The Morgan fingerprint density at radius 3 is 2.60 bits per heavy atom. The van der Waals surface area contributed by atoms with E-state index in [9.17, 15) is 18.8 Å². The molecule has 0 saturated carbocycles. The van der Waals surface area contributed by atoms with Crippen molar-refractivity contribution < 1.29 is 23.9 Å². The first kappa shape index (κ1) is 15.6. The number of hydrogen-bond acceptors (Lipinski definition) is 3. The van der Waals surface area contributed by atoms with Gasteiger partial charge >= 0.3 is 12.0 Å². The Hall–Kier alpha value is -2.44. The highest BCUT2D eigenvalue weighted by molar-refractivity contribution is 5.95. The molecule has 6 nitrogen and oxygen atoms in total. The molecule has 0 aliphatic heterocycles. The quantitative estimate of drug-likeness (QED) is 0.727. The average Bonchev–Trinajstić information content (AvgIpc) is 2.36. The van der Waals surface area contributed by atoms with Crippen molar-refractivity contribution in [3.63, 3.8) is 0 Å². The van der Waals surface area contributed by atoms with Crippen LogP contribution in [0.25, 0.3) is 0 Å². The Balaban J connectivity index is 2.23. The van der Waals surface area contributed by atoms with Crippen LogP contribution in [0.2, 0.25) is 0 Å². The van der Waals surface area contributed by atoms with E-state index in [2.05, 4.69) is 5.32 Å². The first-order valence-corrected chi connectivity index (χ1v) is 6.01. The van der Waals surface area contributed by atoms with Crippen molar-refractivity contribution in [2.24, 2.45) is 0 Å². The van der Waals surface area contributed by atoms with Crippen LogP contribution in [-0.4, -0.2) is 29.6 Å². The molecule has 0 aliphatic carbocycles. The average molecular weight is 282 g/mol. The van der Waals surface area contributed by atoms with Gasteiger partial charge in [0.2, 0.25) is 5.91 Å². The summed E-state index contributed by atoms with van der Waals surface area (Å²) in [6.07, 6.45) is -0.163. The van der Waals surface area contributed by atoms with E-state index in [1.165, 1.54) is 12.1 Å². The van der Waals surface area contributed by atoms with E-state index in [1.54, 1.807) is 12.1 Å². The minimum Gasteiger partial charge on any atom is -0.481 e. The number of imide groups is 1. The van der Waals surface area contributed by atoms with Gasteiger partial charge in [0.1, 0.15) is 5.82 Å². The van der Waals surface area contributed by atoms with Crippen molar-refractivity contribution in [1.29, 1.82) is 0 Å². The molecular weight excluding hydrogens is 267 g/mol. The van der Waals surface area contributed by atoms with Crippen molar-refractivity contribution in [3.05, 3.63) is 35.6 Å². The van der Waals surface area contributed by atoms with Crippen molar-refractivity contribution in [2.75, 3.05) is 6.54 Å². The Bertz CT molecular complexity index is 505. The van der Waals surface area contributed by atoms with Crippen LogP contribution in [0.15, 0.2) is 24.3 Å². The monoisotopic (exact) mass is 282 g/mol. The second-order valence-electron chi connectivity index (χ2n) is 4.08. The highest BCUT2D eigenvalue weighted by atomic mass is 19.1. The molecular formula is C13H15FN2O4. The number of nitrogens with one attached hydrogen (secondary N) is 2. The summed E-state index contributed by atoms with van der Waals surface area (Å²) in [5, 5.41) is 12.8. The number of hydrogen-bond donors (Lipinski definition) is 3. The number of aliphatic carboxylic acids is 1. The van der Waals surface area contributed by atoms with E-state index < -0.39 is 17.9 Å². The van der Waals surface area contributed by atoms with Gasteiger partial charge in [-0.1, -0.05) is 12.1 Å². The third kappa shape index (κ3) is 6.48. The van der Waals surface area contributed by atoms with Gasteiger partial charge in [0.05, 0.1) is 6.42 Å². The van der Waals surface area contributed by atoms with Gasteiger partial charge in [-0.3, -0.25) is 14.9 Å². The zero-order valence-corrected chi connectivity index (χ0v) is 10.7. The Kier molecular flexibility index (Phi) is 6.15. The fourth-order valence-corrected chi connectivity index (χ4v) is 1.47. The van der Waals surface area contributed by atoms with Crippen LogP contribution in [0.4, 0.5) is 9.18 Å². The second kappa shape index (κ2) is 7.88. The highest BCUT2D eigenvalue weighted by Gasteiger charge is 2.09. The SMILES string of the molecule is O=C(O)CCC(=O)NC(=O)NCCc1cccc(F)c1. The molecule has 0 radical (unpaired) electrons. The summed E-state index contributed by atoms with van der Waals surface area (Å²) in [7, 11) is 0. The molecule has 1 aromatic rings. The first-order chi connectivity index (χ1) is 9.47. The lowest BCUT2D eigenvalue weighted by Gasteiger charge is -2.06. The molecule has 0 fully saturated rings. The Morgan fingerprint density at radius 2 is 1.95 bits per heavy atom. The molecule has 0 heterocycles. The van der Waals surface area contributed by atoms with Crippen LogP contribution in [0, 0.1) is 5.82 Å². The molecule has 0 aliphatic rings. The van der Waals surface area contributed by atoms with Gasteiger partial charge in [-0.2, -0.15) is 0 Å². The van der Waals surface area contributed by atoms with Gasteiger partial charge in [0.25, 0.3) is 0 Å². The molecule has 0 spiro atoms.